The lowest BCUT2D eigenvalue weighted by Crippen LogP contribution is -2.16. The zero-order valence-corrected chi connectivity index (χ0v) is 11.1. The second kappa shape index (κ2) is 5.41. The Labute approximate surface area is 106 Å². The molecule has 2 rings (SSSR count). The van der Waals surface area contributed by atoms with E-state index in [0.29, 0.717) is 6.61 Å². The van der Waals surface area contributed by atoms with Gasteiger partial charge < -0.3 is 10.5 Å². The maximum Gasteiger partial charge on any atom is 0.164 e. The molecule has 98 valence electrons. The molecule has 0 saturated carbocycles. The van der Waals surface area contributed by atoms with E-state index < -0.39 is 0 Å². The van der Waals surface area contributed by atoms with Gasteiger partial charge >= 0.3 is 0 Å². The maximum absolute atomic E-state index is 6.15. The molecule has 0 fully saturated rings. The molecule has 0 aliphatic rings. The summed E-state index contributed by atoms with van der Waals surface area (Å²) in [5.74, 6) is 1.64. The minimum atomic E-state index is -0.140. The first-order chi connectivity index (χ1) is 8.63. The lowest BCUT2D eigenvalue weighted by atomic mass is 10.1. The summed E-state index contributed by atoms with van der Waals surface area (Å²) in [4.78, 5) is 4.42. The summed E-state index contributed by atoms with van der Waals surface area (Å²) in [5.41, 5.74) is 7.89. The fourth-order valence-corrected chi connectivity index (χ4v) is 2.08. The lowest BCUT2D eigenvalue weighted by Gasteiger charge is -2.10. The minimum Gasteiger partial charge on any atom is -0.385 e. The van der Waals surface area contributed by atoms with Gasteiger partial charge in [0.25, 0.3) is 0 Å². The number of fused-ring (bicyclic) bond motifs is 1. The Morgan fingerprint density at radius 3 is 2.89 bits per heavy atom. The standard InChI is InChI=1S/C12H19N5O/c1-8-7-11-15-16-12(17(11)9(2)14-8)10(13)5-4-6-18-3/h7,10H,4-6,13H2,1-3H3. The van der Waals surface area contributed by atoms with E-state index in [4.69, 9.17) is 10.5 Å². The van der Waals surface area contributed by atoms with Crippen LogP contribution >= 0.6 is 0 Å². The fraction of sp³-hybridized carbons (Fsp3) is 0.583. The normalized spacial score (nSPS) is 13.1. The van der Waals surface area contributed by atoms with Gasteiger partial charge in [-0.1, -0.05) is 0 Å². The Balaban J connectivity index is 2.28. The molecule has 0 aliphatic carbocycles. The van der Waals surface area contributed by atoms with E-state index in [1.807, 2.05) is 24.3 Å². The van der Waals surface area contributed by atoms with Crippen molar-refractivity contribution in [1.82, 2.24) is 19.6 Å². The van der Waals surface area contributed by atoms with Gasteiger partial charge in [-0.3, -0.25) is 4.40 Å². The van der Waals surface area contributed by atoms with Gasteiger partial charge in [-0.05, 0) is 26.7 Å². The molecule has 0 saturated heterocycles. The average molecular weight is 249 g/mol. The van der Waals surface area contributed by atoms with Gasteiger partial charge in [-0.25, -0.2) is 4.98 Å². The average Bonchev–Trinajstić information content (AvgIpc) is 2.73. The van der Waals surface area contributed by atoms with Crippen molar-refractivity contribution in [1.29, 1.82) is 0 Å². The SMILES string of the molecule is COCCCC(N)c1nnc2cc(C)nc(C)n12. The van der Waals surface area contributed by atoms with Gasteiger partial charge in [-0.2, -0.15) is 0 Å². The van der Waals surface area contributed by atoms with Gasteiger partial charge in [0.05, 0.1) is 6.04 Å². The molecule has 2 aromatic heterocycles. The van der Waals surface area contributed by atoms with Crippen molar-refractivity contribution >= 4 is 5.65 Å². The van der Waals surface area contributed by atoms with Gasteiger partial charge in [0, 0.05) is 25.5 Å². The van der Waals surface area contributed by atoms with Crippen LogP contribution in [-0.2, 0) is 4.74 Å². The van der Waals surface area contributed by atoms with E-state index >= 15 is 0 Å². The number of aromatic nitrogens is 4. The van der Waals surface area contributed by atoms with E-state index in [1.54, 1.807) is 7.11 Å². The highest BCUT2D eigenvalue weighted by molar-refractivity contribution is 5.40. The predicted octanol–water partition coefficient (Wildman–Crippen LogP) is 1.17. The number of aryl methyl sites for hydroxylation is 2. The molecule has 1 unspecified atom stereocenters. The van der Waals surface area contributed by atoms with Crippen molar-refractivity contribution in [3.05, 3.63) is 23.4 Å². The van der Waals surface area contributed by atoms with Crippen LogP contribution in [0.5, 0.6) is 0 Å². The zero-order chi connectivity index (χ0) is 13.1. The molecule has 0 bridgehead atoms. The van der Waals surface area contributed by atoms with Crippen molar-refractivity contribution < 1.29 is 4.74 Å². The third kappa shape index (κ3) is 2.49. The summed E-state index contributed by atoms with van der Waals surface area (Å²) in [5, 5.41) is 8.33. The second-order valence-electron chi connectivity index (χ2n) is 4.44. The highest BCUT2D eigenvalue weighted by Gasteiger charge is 2.15. The highest BCUT2D eigenvalue weighted by Crippen LogP contribution is 2.16. The molecule has 2 N–H and O–H groups in total. The first-order valence-corrected chi connectivity index (χ1v) is 6.07. The number of ether oxygens (including phenoxy) is 1. The van der Waals surface area contributed by atoms with Gasteiger partial charge in [0.2, 0.25) is 0 Å². The Bertz CT molecular complexity index is 536. The third-order valence-electron chi connectivity index (χ3n) is 2.91. The highest BCUT2D eigenvalue weighted by atomic mass is 16.5. The molecule has 0 radical (unpaired) electrons. The summed E-state index contributed by atoms with van der Waals surface area (Å²) in [6.45, 7) is 4.59. The van der Waals surface area contributed by atoms with Crippen LogP contribution in [0.1, 0.15) is 36.2 Å². The van der Waals surface area contributed by atoms with Crippen LogP contribution in [0.3, 0.4) is 0 Å². The first kappa shape index (κ1) is 12.9. The summed E-state index contributed by atoms with van der Waals surface area (Å²) >= 11 is 0. The number of nitrogens with zero attached hydrogens (tertiary/aromatic N) is 4. The quantitative estimate of drug-likeness (QED) is 0.805. The molecule has 0 spiro atoms. The van der Waals surface area contributed by atoms with Crippen LogP contribution in [0.2, 0.25) is 0 Å². The van der Waals surface area contributed by atoms with Gasteiger partial charge in [0.15, 0.2) is 11.5 Å². The van der Waals surface area contributed by atoms with Crippen molar-refractivity contribution in [2.75, 3.05) is 13.7 Å². The Kier molecular flexibility index (Phi) is 3.88. The molecule has 6 heteroatoms. The van der Waals surface area contributed by atoms with Crippen LogP contribution < -0.4 is 5.73 Å². The molecule has 2 aromatic rings. The molecule has 0 amide bonds. The number of hydrogen-bond donors (Lipinski definition) is 1. The molecule has 1 atom stereocenters. The second-order valence-corrected chi connectivity index (χ2v) is 4.44. The minimum absolute atomic E-state index is 0.140. The van der Waals surface area contributed by atoms with Crippen molar-refractivity contribution in [3.63, 3.8) is 0 Å². The Morgan fingerprint density at radius 2 is 2.17 bits per heavy atom. The number of hydrogen-bond acceptors (Lipinski definition) is 5. The van der Waals surface area contributed by atoms with Crippen molar-refractivity contribution in [2.45, 2.75) is 32.7 Å². The molecule has 2 heterocycles. The van der Waals surface area contributed by atoms with Crippen molar-refractivity contribution in [3.8, 4) is 0 Å². The number of nitrogens with two attached hydrogens (primary N) is 1. The van der Waals surface area contributed by atoms with Crippen LogP contribution in [-0.4, -0.2) is 33.3 Å². The largest absolute Gasteiger partial charge is 0.385 e. The number of rotatable bonds is 5. The molecular formula is C12H19N5O. The van der Waals surface area contributed by atoms with E-state index in [-0.39, 0.29) is 6.04 Å². The van der Waals surface area contributed by atoms with Gasteiger partial charge in [0.1, 0.15) is 5.82 Å². The molecule has 6 nitrogen and oxygen atoms in total. The Hall–Kier alpha value is -1.53. The van der Waals surface area contributed by atoms with Crippen molar-refractivity contribution in [2.24, 2.45) is 5.73 Å². The van der Waals surface area contributed by atoms with Gasteiger partial charge in [-0.15, -0.1) is 10.2 Å². The zero-order valence-electron chi connectivity index (χ0n) is 11.1. The van der Waals surface area contributed by atoms with E-state index in [1.165, 1.54) is 0 Å². The first-order valence-electron chi connectivity index (χ1n) is 6.07. The van der Waals surface area contributed by atoms with E-state index in [2.05, 4.69) is 15.2 Å². The third-order valence-corrected chi connectivity index (χ3v) is 2.91. The van der Waals surface area contributed by atoms with Crippen LogP contribution in [0.15, 0.2) is 6.07 Å². The monoisotopic (exact) mass is 249 g/mol. The van der Waals surface area contributed by atoms with E-state index in [9.17, 15) is 0 Å². The molecule has 18 heavy (non-hydrogen) atoms. The summed E-state index contributed by atoms with van der Waals surface area (Å²) < 4.78 is 6.95. The molecule has 0 aromatic carbocycles. The predicted molar refractivity (Wildman–Crippen MR) is 68.3 cm³/mol. The fourth-order valence-electron chi connectivity index (χ4n) is 2.08. The lowest BCUT2D eigenvalue weighted by molar-refractivity contribution is 0.190. The molecule has 0 aliphatic heterocycles. The smallest absolute Gasteiger partial charge is 0.164 e. The summed E-state index contributed by atoms with van der Waals surface area (Å²) in [7, 11) is 1.69. The summed E-state index contributed by atoms with van der Waals surface area (Å²) in [6.07, 6.45) is 1.73. The maximum atomic E-state index is 6.15. The molecular weight excluding hydrogens is 230 g/mol. The topological polar surface area (TPSA) is 78.3 Å². The Morgan fingerprint density at radius 1 is 1.39 bits per heavy atom. The van der Waals surface area contributed by atoms with E-state index in [0.717, 1.165) is 35.8 Å². The van der Waals surface area contributed by atoms with Crippen LogP contribution in [0.4, 0.5) is 0 Å². The van der Waals surface area contributed by atoms with Crippen LogP contribution in [0.25, 0.3) is 5.65 Å². The number of methoxy groups -OCH3 is 1. The van der Waals surface area contributed by atoms with Crippen LogP contribution in [0, 0.1) is 13.8 Å². The summed E-state index contributed by atoms with van der Waals surface area (Å²) in [6, 6.07) is 1.77.